The van der Waals surface area contributed by atoms with E-state index in [0.717, 1.165) is 24.8 Å². The Morgan fingerprint density at radius 2 is 1.83 bits per heavy atom. The number of hydrogen-bond acceptors (Lipinski definition) is 3. The Hall–Kier alpha value is -1.40. The van der Waals surface area contributed by atoms with Gasteiger partial charge in [-0.25, -0.2) is 13.1 Å². The summed E-state index contributed by atoms with van der Waals surface area (Å²) in [4.78, 5) is 11.9. The van der Waals surface area contributed by atoms with Gasteiger partial charge in [0.1, 0.15) is 0 Å². The van der Waals surface area contributed by atoms with E-state index in [1.54, 1.807) is 19.1 Å². The van der Waals surface area contributed by atoms with Gasteiger partial charge in [0.05, 0.1) is 4.90 Å². The summed E-state index contributed by atoms with van der Waals surface area (Å²) in [6, 6.07) is 5.20. The molecule has 23 heavy (non-hydrogen) atoms. The first kappa shape index (κ1) is 19.6. The Labute approximate surface area is 139 Å². The second-order valence-corrected chi connectivity index (χ2v) is 7.56. The third-order valence-corrected chi connectivity index (χ3v) is 5.24. The smallest absolute Gasteiger partial charge is 0.240 e. The average molecular weight is 340 g/mol. The van der Waals surface area contributed by atoms with Crippen molar-refractivity contribution in [3.8, 4) is 0 Å². The normalized spacial score (nSPS) is 11.4. The number of sulfonamides is 1. The monoisotopic (exact) mass is 340 g/mol. The maximum atomic E-state index is 12.2. The van der Waals surface area contributed by atoms with Crippen molar-refractivity contribution in [2.24, 2.45) is 0 Å². The fourth-order valence-electron chi connectivity index (χ4n) is 2.35. The summed E-state index contributed by atoms with van der Waals surface area (Å²) in [5, 5.41) is 2.81. The van der Waals surface area contributed by atoms with Crippen molar-refractivity contribution in [2.75, 3.05) is 13.1 Å². The number of hydrogen-bond donors (Lipinski definition) is 2. The molecular weight excluding hydrogens is 312 g/mol. The van der Waals surface area contributed by atoms with E-state index >= 15 is 0 Å². The average Bonchev–Trinajstić information content (AvgIpc) is 2.46. The molecule has 130 valence electrons. The van der Waals surface area contributed by atoms with Gasteiger partial charge in [-0.05, 0) is 31.9 Å². The summed E-state index contributed by atoms with van der Waals surface area (Å²) < 4.78 is 27.0. The molecule has 0 aliphatic rings. The van der Waals surface area contributed by atoms with Crippen molar-refractivity contribution in [3.63, 3.8) is 0 Å². The summed E-state index contributed by atoms with van der Waals surface area (Å²) >= 11 is 0. The van der Waals surface area contributed by atoms with E-state index in [1.165, 1.54) is 6.42 Å². The molecule has 0 saturated carbocycles. The molecule has 1 aromatic rings. The van der Waals surface area contributed by atoms with Gasteiger partial charge in [-0.3, -0.25) is 4.79 Å². The van der Waals surface area contributed by atoms with Crippen molar-refractivity contribution in [3.05, 3.63) is 29.3 Å². The molecule has 0 aliphatic carbocycles. The summed E-state index contributed by atoms with van der Waals surface area (Å²) in [6.07, 6.45) is 4.56. The fraction of sp³-hybridized carbons (Fsp3) is 0.588. The zero-order chi connectivity index (χ0) is 17.3. The minimum Gasteiger partial charge on any atom is -0.356 e. The van der Waals surface area contributed by atoms with Gasteiger partial charge >= 0.3 is 0 Å². The van der Waals surface area contributed by atoms with Crippen LogP contribution < -0.4 is 10.0 Å². The molecule has 2 N–H and O–H groups in total. The summed E-state index contributed by atoms with van der Waals surface area (Å²) in [5.41, 5.74) is 1.72. The van der Waals surface area contributed by atoms with Crippen LogP contribution in [-0.2, 0) is 14.8 Å². The highest BCUT2D eigenvalue weighted by Crippen LogP contribution is 2.16. The summed E-state index contributed by atoms with van der Waals surface area (Å²) in [7, 11) is -3.57. The van der Waals surface area contributed by atoms with Crippen molar-refractivity contribution in [1.82, 2.24) is 10.0 Å². The van der Waals surface area contributed by atoms with E-state index in [2.05, 4.69) is 17.0 Å². The lowest BCUT2D eigenvalue weighted by molar-refractivity contribution is -0.120. The van der Waals surface area contributed by atoms with E-state index < -0.39 is 10.0 Å². The number of unbranched alkanes of at least 4 members (excludes halogenated alkanes) is 3. The predicted octanol–water partition coefficient (Wildman–Crippen LogP) is 2.67. The van der Waals surface area contributed by atoms with Gasteiger partial charge in [0.15, 0.2) is 0 Å². The third kappa shape index (κ3) is 7.14. The van der Waals surface area contributed by atoms with Crippen LogP contribution in [0.25, 0.3) is 0 Å². The maximum absolute atomic E-state index is 12.2. The minimum absolute atomic E-state index is 0.108. The number of amides is 1. The number of benzene rings is 1. The van der Waals surface area contributed by atoms with Crippen LogP contribution in [0.1, 0.15) is 50.2 Å². The SMILES string of the molecule is CCCCCCNC(=O)CCNS(=O)(=O)c1ccc(C)cc1C. The van der Waals surface area contributed by atoms with Crippen LogP contribution in [0.4, 0.5) is 0 Å². The Balaban J connectivity index is 2.37. The quantitative estimate of drug-likeness (QED) is 0.643. The minimum atomic E-state index is -3.57. The van der Waals surface area contributed by atoms with Crippen LogP contribution >= 0.6 is 0 Å². The molecule has 1 aromatic carbocycles. The summed E-state index contributed by atoms with van der Waals surface area (Å²) in [5.74, 6) is -0.121. The molecule has 0 atom stereocenters. The first-order valence-electron chi connectivity index (χ1n) is 8.20. The Bertz CT molecular complexity index is 612. The fourth-order valence-corrected chi connectivity index (χ4v) is 3.60. The molecule has 1 rings (SSSR count). The Morgan fingerprint density at radius 1 is 1.09 bits per heavy atom. The molecule has 0 spiro atoms. The first-order valence-corrected chi connectivity index (χ1v) is 9.68. The van der Waals surface area contributed by atoms with Crippen LogP contribution in [0, 0.1) is 13.8 Å². The number of rotatable bonds is 10. The van der Waals surface area contributed by atoms with Gasteiger partial charge in [-0.2, -0.15) is 0 Å². The zero-order valence-corrected chi connectivity index (χ0v) is 15.1. The molecule has 0 unspecified atom stereocenters. The number of nitrogens with one attached hydrogen (secondary N) is 2. The Morgan fingerprint density at radius 3 is 2.48 bits per heavy atom. The van der Waals surface area contributed by atoms with E-state index in [1.807, 2.05) is 13.0 Å². The van der Waals surface area contributed by atoms with E-state index in [4.69, 9.17) is 0 Å². The second kappa shape index (κ2) is 9.67. The van der Waals surface area contributed by atoms with Crippen molar-refractivity contribution >= 4 is 15.9 Å². The number of aryl methyl sites for hydroxylation is 2. The van der Waals surface area contributed by atoms with Crippen molar-refractivity contribution < 1.29 is 13.2 Å². The van der Waals surface area contributed by atoms with Gasteiger partial charge in [-0.1, -0.05) is 43.9 Å². The summed E-state index contributed by atoms with van der Waals surface area (Å²) in [6.45, 7) is 6.59. The highest BCUT2D eigenvalue weighted by Gasteiger charge is 2.16. The van der Waals surface area contributed by atoms with Crippen LogP contribution in [0.5, 0.6) is 0 Å². The lowest BCUT2D eigenvalue weighted by atomic mass is 10.2. The molecule has 0 heterocycles. The number of carbonyl (C=O) groups excluding carboxylic acids is 1. The highest BCUT2D eigenvalue weighted by atomic mass is 32.2. The molecule has 0 fully saturated rings. The Kier molecular flexibility index (Phi) is 8.26. The van der Waals surface area contributed by atoms with Gasteiger partial charge in [0, 0.05) is 19.5 Å². The standard InChI is InChI=1S/C17H28N2O3S/c1-4-5-6-7-11-18-17(20)10-12-19-23(21,22)16-9-8-14(2)13-15(16)3/h8-9,13,19H,4-7,10-12H2,1-3H3,(H,18,20). The molecule has 0 radical (unpaired) electrons. The first-order chi connectivity index (χ1) is 10.9. The molecular formula is C17H28N2O3S. The van der Waals surface area contributed by atoms with Gasteiger partial charge in [0.25, 0.3) is 0 Å². The lowest BCUT2D eigenvalue weighted by Crippen LogP contribution is -2.31. The molecule has 0 bridgehead atoms. The van der Waals surface area contributed by atoms with Gasteiger partial charge < -0.3 is 5.32 Å². The molecule has 0 aromatic heterocycles. The van der Waals surface area contributed by atoms with E-state index in [9.17, 15) is 13.2 Å². The molecule has 6 heteroatoms. The predicted molar refractivity (Wildman–Crippen MR) is 92.9 cm³/mol. The molecule has 0 saturated heterocycles. The van der Waals surface area contributed by atoms with E-state index in [-0.39, 0.29) is 23.8 Å². The largest absolute Gasteiger partial charge is 0.356 e. The van der Waals surface area contributed by atoms with E-state index in [0.29, 0.717) is 12.1 Å². The molecule has 1 amide bonds. The molecule has 0 aliphatic heterocycles. The van der Waals surface area contributed by atoms with Crippen LogP contribution in [-0.4, -0.2) is 27.4 Å². The zero-order valence-electron chi connectivity index (χ0n) is 14.3. The third-order valence-electron chi connectivity index (χ3n) is 3.62. The van der Waals surface area contributed by atoms with Gasteiger partial charge in [-0.15, -0.1) is 0 Å². The van der Waals surface area contributed by atoms with Crippen molar-refractivity contribution in [2.45, 2.75) is 57.8 Å². The van der Waals surface area contributed by atoms with Crippen LogP contribution in [0.2, 0.25) is 0 Å². The molecule has 5 nitrogen and oxygen atoms in total. The maximum Gasteiger partial charge on any atom is 0.240 e. The highest BCUT2D eigenvalue weighted by molar-refractivity contribution is 7.89. The topological polar surface area (TPSA) is 75.3 Å². The second-order valence-electron chi connectivity index (χ2n) is 5.83. The van der Waals surface area contributed by atoms with Crippen molar-refractivity contribution in [1.29, 1.82) is 0 Å². The van der Waals surface area contributed by atoms with Crippen LogP contribution in [0.15, 0.2) is 23.1 Å². The van der Waals surface area contributed by atoms with Crippen LogP contribution in [0.3, 0.4) is 0 Å². The van der Waals surface area contributed by atoms with Gasteiger partial charge in [0.2, 0.25) is 15.9 Å². The lowest BCUT2D eigenvalue weighted by Gasteiger charge is -2.10. The number of carbonyl (C=O) groups is 1.